The van der Waals surface area contributed by atoms with E-state index >= 15 is 0 Å². The largest absolute Gasteiger partial charge is 0.338 e. The predicted octanol–water partition coefficient (Wildman–Crippen LogP) is 3.51. The third-order valence-corrected chi connectivity index (χ3v) is 6.27. The van der Waals surface area contributed by atoms with Crippen molar-refractivity contribution in [2.45, 2.75) is 27.2 Å². The molecule has 0 aliphatic carbocycles. The Morgan fingerprint density at radius 2 is 1.86 bits per heavy atom. The number of hydrogen-bond acceptors (Lipinski definition) is 8. The molecule has 1 aliphatic heterocycles. The van der Waals surface area contributed by atoms with Crippen molar-refractivity contribution >= 4 is 41.0 Å². The zero-order valence-corrected chi connectivity index (χ0v) is 21.6. The molecule has 0 radical (unpaired) electrons. The van der Waals surface area contributed by atoms with Crippen LogP contribution in [0.4, 0.5) is 23.5 Å². The van der Waals surface area contributed by atoms with Gasteiger partial charge in [0.2, 0.25) is 17.8 Å². The maximum Gasteiger partial charge on any atom is 0.274 e. The van der Waals surface area contributed by atoms with Crippen LogP contribution in [0.3, 0.4) is 0 Å². The van der Waals surface area contributed by atoms with Gasteiger partial charge in [0.25, 0.3) is 5.91 Å². The Labute approximate surface area is 210 Å². The molecule has 1 saturated heterocycles. The number of halogens is 1. The van der Waals surface area contributed by atoms with Gasteiger partial charge < -0.3 is 19.7 Å². The molecule has 2 N–H and O–H groups in total. The predicted molar refractivity (Wildman–Crippen MR) is 139 cm³/mol. The number of amides is 1. The molecule has 0 unspecified atom stereocenters. The van der Waals surface area contributed by atoms with Gasteiger partial charge in [-0.15, -0.1) is 0 Å². The minimum Gasteiger partial charge on any atom is -0.338 e. The Balaban J connectivity index is 1.57. The molecular weight excluding hydrogens is 466 g/mol. The van der Waals surface area contributed by atoms with Gasteiger partial charge in [-0.2, -0.15) is 15.0 Å². The summed E-state index contributed by atoms with van der Waals surface area (Å²) in [6.07, 6.45) is 2.25. The molecule has 1 aliphatic rings. The standard InChI is InChI=1S/C24H32ClN9O/c1-15(2)13-19-27-22(31-24(28-19)34-11-9-32(4)10-12-34)30-23-26-14-18(33(23)5)21(35)29-20-16(3)7-6-8-17(20)25/h6-8,14-15H,9-13H2,1-5H3,(H,29,35)(H,26,27,28,30,31). The number of anilines is 4. The summed E-state index contributed by atoms with van der Waals surface area (Å²) in [5.74, 6) is 2.35. The number of benzene rings is 1. The number of rotatable bonds is 7. The Hall–Kier alpha value is -3.24. The summed E-state index contributed by atoms with van der Waals surface area (Å²) >= 11 is 6.27. The van der Waals surface area contributed by atoms with Gasteiger partial charge in [-0.3, -0.25) is 10.1 Å². The van der Waals surface area contributed by atoms with E-state index in [1.807, 2.05) is 19.1 Å². The number of carbonyl (C=O) groups excluding carboxylic acids is 1. The molecule has 3 heterocycles. The van der Waals surface area contributed by atoms with Crippen LogP contribution in [-0.4, -0.2) is 68.5 Å². The molecule has 11 heteroatoms. The van der Waals surface area contributed by atoms with Gasteiger partial charge in [0, 0.05) is 39.6 Å². The topological polar surface area (TPSA) is 104 Å². The quantitative estimate of drug-likeness (QED) is 0.511. The number of nitrogens with one attached hydrogen (secondary N) is 2. The summed E-state index contributed by atoms with van der Waals surface area (Å²) in [4.78, 5) is 35.8. The van der Waals surface area contributed by atoms with Crippen LogP contribution in [0.2, 0.25) is 5.02 Å². The van der Waals surface area contributed by atoms with Crippen LogP contribution in [0.5, 0.6) is 0 Å². The van der Waals surface area contributed by atoms with E-state index in [9.17, 15) is 4.79 Å². The lowest BCUT2D eigenvalue weighted by Gasteiger charge is -2.32. The number of nitrogens with zero attached hydrogens (tertiary/aromatic N) is 7. The Kier molecular flexibility index (Phi) is 7.51. The van der Waals surface area contributed by atoms with E-state index < -0.39 is 0 Å². The van der Waals surface area contributed by atoms with E-state index in [-0.39, 0.29) is 5.91 Å². The SMILES string of the molecule is Cc1cccc(Cl)c1NC(=O)c1cnc(Nc2nc(CC(C)C)nc(N3CCN(C)CC3)n2)n1C. The maximum atomic E-state index is 13.0. The highest BCUT2D eigenvalue weighted by Gasteiger charge is 2.21. The van der Waals surface area contributed by atoms with Gasteiger partial charge in [0.15, 0.2) is 0 Å². The number of aryl methyl sites for hydroxylation is 1. The summed E-state index contributed by atoms with van der Waals surface area (Å²) < 4.78 is 1.67. The second-order valence-electron chi connectivity index (χ2n) is 9.30. The second kappa shape index (κ2) is 10.6. The Bertz CT molecular complexity index is 1180. The first-order chi connectivity index (χ1) is 16.7. The third kappa shape index (κ3) is 5.88. The number of aromatic nitrogens is 5. The molecule has 35 heavy (non-hydrogen) atoms. The zero-order valence-electron chi connectivity index (χ0n) is 20.8. The number of imidazole rings is 1. The van der Waals surface area contributed by atoms with Crippen LogP contribution in [0.25, 0.3) is 0 Å². The van der Waals surface area contributed by atoms with Crippen LogP contribution in [0.15, 0.2) is 24.4 Å². The third-order valence-electron chi connectivity index (χ3n) is 5.95. The second-order valence-corrected chi connectivity index (χ2v) is 9.71. The molecule has 4 rings (SSSR count). The number of hydrogen-bond donors (Lipinski definition) is 2. The average Bonchev–Trinajstić information content (AvgIpc) is 3.16. The van der Waals surface area contributed by atoms with E-state index in [4.69, 9.17) is 16.6 Å². The lowest BCUT2D eigenvalue weighted by molar-refractivity contribution is 0.101. The van der Waals surface area contributed by atoms with Crippen molar-refractivity contribution in [3.05, 3.63) is 46.5 Å². The van der Waals surface area contributed by atoms with Crippen LogP contribution >= 0.6 is 11.6 Å². The van der Waals surface area contributed by atoms with Gasteiger partial charge in [-0.25, -0.2) is 4.98 Å². The zero-order chi connectivity index (χ0) is 25.1. The molecule has 0 saturated carbocycles. The van der Waals surface area contributed by atoms with Gasteiger partial charge in [-0.1, -0.05) is 37.6 Å². The van der Waals surface area contributed by atoms with Crippen molar-refractivity contribution in [3.8, 4) is 0 Å². The molecule has 0 atom stereocenters. The fourth-order valence-electron chi connectivity index (χ4n) is 3.87. The monoisotopic (exact) mass is 497 g/mol. The normalized spacial score (nSPS) is 14.4. The molecule has 1 aromatic carbocycles. The molecule has 1 fully saturated rings. The Morgan fingerprint density at radius 1 is 1.11 bits per heavy atom. The van der Waals surface area contributed by atoms with Gasteiger partial charge >= 0.3 is 0 Å². The molecule has 186 valence electrons. The summed E-state index contributed by atoms with van der Waals surface area (Å²) in [5.41, 5.74) is 1.84. The summed E-state index contributed by atoms with van der Waals surface area (Å²) in [5, 5.41) is 6.55. The Morgan fingerprint density at radius 3 is 2.54 bits per heavy atom. The van der Waals surface area contributed by atoms with Crippen LogP contribution in [0.1, 0.15) is 35.7 Å². The highest BCUT2D eigenvalue weighted by Crippen LogP contribution is 2.26. The van der Waals surface area contributed by atoms with Crippen molar-refractivity contribution in [1.29, 1.82) is 0 Å². The van der Waals surface area contributed by atoms with E-state index in [2.05, 4.69) is 56.3 Å². The molecule has 1 amide bonds. The maximum absolute atomic E-state index is 13.0. The fourth-order valence-corrected chi connectivity index (χ4v) is 4.14. The molecule has 0 bridgehead atoms. The van der Waals surface area contributed by atoms with Crippen molar-refractivity contribution in [2.24, 2.45) is 13.0 Å². The van der Waals surface area contributed by atoms with Gasteiger partial charge in [0.1, 0.15) is 11.5 Å². The highest BCUT2D eigenvalue weighted by atomic mass is 35.5. The van der Waals surface area contributed by atoms with Crippen LogP contribution in [-0.2, 0) is 13.5 Å². The number of likely N-dealkylation sites (N-methyl/N-ethyl adjacent to an activating group) is 1. The van der Waals surface area contributed by atoms with Crippen molar-refractivity contribution in [1.82, 2.24) is 29.4 Å². The first-order valence-corrected chi connectivity index (χ1v) is 12.1. The first kappa shape index (κ1) is 24.9. The number of piperazine rings is 1. The van der Waals surface area contributed by atoms with Gasteiger partial charge in [-0.05, 0) is 31.5 Å². The van der Waals surface area contributed by atoms with Crippen LogP contribution < -0.4 is 15.5 Å². The molecule has 2 aromatic heterocycles. The minimum atomic E-state index is -0.307. The number of para-hydroxylation sites is 1. The van der Waals surface area contributed by atoms with E-state index in [0.29, 0.717) is 40.2 Å². The molecular formula is C24H32ClN9O. The lowest BCUT2D eigenvalue weighted by Crippen LogP contribution is -2.45. The summed E-state index contributed by atoms with van der Waals surface area (Å²) in [7, 11) is 3.88. The lowest BCUT2D eigenvalue weighted by atomic mass is 10.1. The first-order valence-electron chi connectivity index (χ1n) is 11.7. The summed E-state index contributed by atoms with van der Waals surface area (Å²) in [6, 6.07) is 5.48. The average molecular weight is 498 g/mol. The highest BCUT2D eigenvalue weighted by molar-refractivity contribution is 6.34. The minimum absolute atomic E-state index is 0.307. The molecule has 0 spiro atoms. The summed E-state index contributed by atoms with van der Waals surface area (Å²) in [6.45, 7) is 9.79. The van der Waals surface area contributed by atoms with Crippen LogP contribution in [0, 0.1) is 12.8 Å². The fraction of sp³-hybridized carbons (Fsp3) is 0.458. The van der Waals surface area contributed by atoms with E-state index in [1.54, 1.807) is 17.7 Å². The van der Waals surface area contributed by atoms with E-state index in [1.165, 1.54) is 6.20 Å². The smallest absolute Gasteiger partial charge is 0.274 e. The van der Waals surface area contributed by atoms with Crippen molar-refractivity contribution in [3.63, 3.8) is 0 Å². The van der Waals surface area contributed by atoms with Crippen molar-refractivity contribution < 1.29 is 4.79 Å². The molecule has 3 aromatic rings. The van der Waals surface area contributed by atoms with Crippen molar-refractivity contribution in [2.75, 3.05) is 48.8 Å². The van der Waals surface area contributed by atoms with E-state index in [0.717, 1.165) is 44.0 Å². The molecule has 10 nitrogen and oxygen atoms in total. The van der Waals surface area contributed by atoms with Gasteiger partial charge in [0.05, 0.1) is 16.9 Å². The number of carbonyl (C=O) groups is 1.